The first kappa shape index (κ1) is 19.4. The maximum absolute atomic E-state index is 12.6. The van der Waals surface area contributed by atoms with Crippen LogP contribution >= 0.6 is 11.6 Å². The van der Waals surface area contributed by atoms with Gasteiger partial charge in [0.15, 0.2) is 0 Å². The molecule has 0 bridgehead atoms. The smallest absolute Gasteiger partial charge is 0.296 e. The number of aromatic amines is 1. The zero-order chi connectivity index (χ0) is 20.7. The average Bonchev–Trinajstić information content (AvgIpc) is 3.16. The fraction of sp³-hybridized carbons (Fsp3) is 0.391. The first-order chi connectivity index (χ1) is 14.6. The Hall–Kier alpha value is -2.57. The van der Waals surface area contributed by atoms with Gasteiger partial charge in [-0.05, 0) is 50.4 Å². The lowest BCUT2D eigenvalue weighted by Crippen LogP contribution is -2.36. The Bertz CT molecular complexity index is 1140. The number of benzene rings is 2. The van der Waals surface area contributed by atoms with Gasteiger partial charge in [-0.15, -0.1) is 0 Å². The van der Waals surface area contributed by atoms with Gasteiger partial charge in [-0.1, -0.05) is 35.9 Å². The number of hydrogen-bond donors (Lipinski definition) is 1. The molecule has 1 saturated heterocycles. The SMILES string of the molecule is CN1CCCC1COc1nc2c(c(=O)[nH]1)CCN(c1cccc3cccc(Cl)c13)C2. The fourth-order valence-corrected chi connectivity index (χ4v) is 4.87. The van der Waals surface area contributed by atoms with Crippen molar-refractivity contribution in [1.29, 1.82) is 0 Å². The van der Waals surface area contributed by atoms with Crippen LogP contribution in [0.25, 0.3) is 10.8 Å². The van der Waals surface area contributed by atoms with Gasteiger partial charge in [-0.2, -0.15) is 4.98 Å². The molecule has 0 spiro atoms. The summed E-state index contributed by atoms with van der Waals surface area (Å²) in [7, 11) is 2.11. The van der Waals surface area contributed by atoms with E-state index in [9.17, 15) is 4.79 Å². The molecule has 30 heavy (non-hydrogen) atoms. The standard InChI is InChI=1S/C23H25ClN4O2/c1-27-11-4-7-16(27)14-30-23-25-19-13-28(12-10-17(19)22(29)26-23)20-9-3-6-15-5-2-8-18(24)21(15)20/h2-3,5-6,8-9,16H,4,7,10-14H2,1H3,(H,25,26,29). The summed E-state index contributed by atoms with van der Waals surface area (Å²) in [5.74, 6) is 0. The van der Waals surface area contributed by atoms with Gasteiger partial charge >= 0.3 is 0 Å². The van der Waals surface area contributed by atoms with E-state index in [-0.39, 0.29) is 5.56 Å². The molecule has 156 valence electrons. The van der Waals surface area contributed by atoms with E-state index in [4.69, 9.17) is 16.3 Å². The number of likely N-dealkylation sites (tertiary alicyclic amines) is 1. The van der Waals surface area contributed by atoms with Gasteiger partial charge in [0.25, 0.3) is 11.6 Å². The topological polar surface area (TPSA) is 61.5 Å². The fourth-order valence-electron chi connectivity index (χ4n) is 4.60. The summed E-state index contributed by atoms with van der Waals surface area (Å²) in [5, 5.41) is 2.88. The van der Waals surface area contributed by atoms with Crippen LogP contribution in [0.2, 0.25) is 5.02 Å². The molecule has 1 N–H and O–H groups in total. The van der Waals surface area contributed by atoms with E-state index in [2.05, 4.69) is 45.0 Å². The molecule has 5 rings (SSSR count). The van der Waals surface area contributed by atoms with Crippen molar-refractivity contribution in [2.24, 2.45) is 0 Å². The van der Waals surface area contributed by atoms with Gasteiger partial charge in [-0.3, -0.25) is 9.78 Å². The normalized spacial score (nSPS) is 19.3. The van der Waals surface area contributed by atoms with E-state index >= 15 is 0 Å². The number of halogens is 1. The van der Waals surface area contributed by atoms with Crippen molar-refractivity contribution in [3.8, 4) is 6.01 Å². The van der Waals surface area contributed by atoms with Gasteiger partial charge in [0.2, 0.25) is 0 Å². The molecule has 0 saturated carbocycles. The van der Waals surface area contributed by atoms with Gasteiger partial charge in [0.05, 0.1) is 17.3 Å². The molecule has 3 aromatic rings. The van der Waals surface area contributed by atoms with Gasteiger partial charge in [0, 0.05) is 29.2 Å². The van der Waals surface area contributed by atoms with E-state index in [1.54, 1.807) is 0 Å². The largest absolute Gasteiger partial charge is 0.463 e. The Labute approximate surface area is 180 Å². The van der Waals surface area contributed by atoms with Gasteiger partial charge < -0.3 is 14.5 Å². The number of nitrogens with one attached hydrogen (secondary N) is 1. The number of aromatic nitrogens is 2. The Morgan fingerprint density at radius 2 is 2.07 bits per heavy atom. The molecule has 3 heterocycles. The summed E-state index contributed by atoms with van der Waals surface area (Å²) in [6.07, 6.45) is 2.94. The molecule has 1 aromatic heterocycles. The second kappa shape index (κ2) is 7.93. The highest BCUT2D eigenvalue weighted by atomic mass is 35.5. The number of ether oxygens (including phenoxy) is 1. The molecule has 2 aliphatic heterocycles. The maximum Gasteiger partial charge on any atom is 0.296 e. The molecule has 0 radical (unpaired) electrons. The van der Waals surface area contributed by atoms with Crippen molar-refractivity contribution in [2.45, 2.75) is 31.8 Å². The minimum absolute atomic E-state index is 0.0922. The predicted molar refractivity (Wildman–Crippen MR) is 120 cm³/mol. The van der Waals surface area contributed by atoms with Crippen LogP contribution in [0.4, 0.5) is 5.69 Å². The van der Waals surface area contributed by atoms with E-state index < -0.39 is 0 Å². The number of hydrogen-bond acceptors (Lipinski definition) is 5. The molecule has 2 aliphatic rings. The van der Waals surface area contributed by atoms with Gasteiger partial charge in [0.1, 0.15) is 6.61 Å². The van der Waals surface area contributed by atoms with E-state index in [1.807, 2.05) is 18.2 Å². The maximum atomic E-state index is 12.6. The summed E-state index contributed by atoms with van der Waals surface area (Å²) in [6.45, 7) is 2.93. The first-order valence-electron chi connectivity index (χ1n) is 10.5. The van der Waals surface area contributed by atoms with Crippen molar-refractivity contribution in [1.82, 2.24) is 14.9 Å². The van der Waals surface area contributed by atoms with Crippen LogP contribution in [0.1, 0.15) is 24.1 Å². The van der Waals surface area contributed by atoms with Crippen molar-refractivity contribution in [3.63, 3.8) is 0 Å². The summed E-state index contributed by atoms with van der Waals surface area (Å²) in [4.78, 5) is 24.7. The van der Waals surface area contributed by atoms with E-state index in [0.717, 1.165) is 52.3 Å². The Morgan fingerprint density at radius 1 is 1.23 bits per heavy atom. The molecule has 6 nitrogen and oxygen atoms in total. The lowest BCUT2D eigenvalue weighted by atomic mass is 10.0. The molecule has 7 heteroatoms. The van der Waals surface area contributed by atoms with Crippen LogP contribution in [0.15, 0.2) is 41.2 Å². The number of rotatable bonds is 4. The summed E-state index contributed by atoms with van der Waals surface area (Å²) < 4.78 is 5.89. The third kappa shape index (κ3) is 3.55. The molecular weight excluding hydrogens is 400 g/mol. The molecule has 0 aliphatic carbocycles. The monoisotopic (exact) mass is 424 g/mol. The van der Waals surface area contributed by atoms with E-state index in [0.29, 0.717) is 31.6 Å². The zero-order valence-corrected chi connectivity index (χ0v) is 17.8. The molecule has 1 atom stereocenters. The molecule has 1 unspecified atom stereocenters. The lowest BCUT2D eigenvalue weighted by Gasteiger charge is -2.31. The zero-order valence-electron chi connectivity index (χ0n) is 17.0. The third-order valence-corrected chi connectivity index (χ3v) is 6.62. The molecule has 2 aromatic carbocycles. The Balaban J connectivity index is 1.42. The van der Waals surface area contributed by atoms with Crippen molar-refractivity contribution in [3.05, 3.63) is 63.0 Å². The van der Waals surface area contributed by atoms with Crippen LogP contribution in [-0.4, -0.2) is 47.7 Å². The quantitative estimate of drug-likeness (QED) is 0.693. The first-order valence-corrected chi connectivity index (χ1v) is 10.9. The number of anilines is 1. The average molecular weight is 425 g/mol. The van der Waals surface area contributed by atoms with Crippen molar-refractivity contribution < 1.29 is 4.74 Å². The minimum Gasteiger partial charge on any atom is -0.463 e. The Morgan fingerprint density at radius 3 is 2.87 bits per heavy atom. The van der Waals surface area contributed by atoms with Gasteiger partial charge in [-0.25, -0.2) is 0 Å². The summed E-state index contributed by atoms with van der Waals surface area (Å²) in [6, 6.07) is 12.8. The molecule has 0 amide bonds. The second-order valence-electron chi connectivity index (χ2n) is 8.17. The number of nitrogens with zero attached hydrogens (tertiary/aromatic N) is 3. The van der Waals surface area contributed by atoms with Crippen LogP contribution in [0.5, 0.6) is 6.01 Å². The minimum atomic E-state index is -0.0922. The Kier molecular flexibility index (Phi) is 5.13. The van der Waals surface area contributed by atoms with E-state index in [1.165, 1.54) is 6.42 Å². The molecular formula is C23H25ClN4O2. The highest BCUT2D eigenvalue weighted by molar-refractivity contribution is 6.36. The second-order valence-corrected chi connectivity index (χ2v) is 8.58. The molecule has 1 fully saturated rings. The van der Waals surface area contributed by atoms with Crippen LogP contribution in [-0.2, 0) is 13.0 Å². The number of fused-ring (bicyclic) bond motifs is 2. The van der Waals surface area contributed by atoms with Crippen LogP contribution < -0.4 is 15.2 Å². The summed E-state index contributed by atoms with van der Waals surface area (Å²) in [5.41, 5.74) is 2.51. The van der Waals surface area contributed by atoms with Crippen LogP contribution in [0, 0.1) is 0 Å². The lowest BCUT2D eigenvalue weighted by molar-refractivity contribution is 0.187. The van der Waals surface area contributed by atoms with Crippen molar-refractivity contribution >= 4 is 28.1 Å². The number of H-pyrrole nitrogens is 1. The van der Waals surface area contributed by atoms with Crippen molar-refractivity contribution in [2.75, 3.05) is 31.6 Å². The highest BCUT2D eigenvalue weighted by Gasteiger charge is 2.25. The summed E-state index contributed by atoms with van der Waals surface area (Å²) >= 11 is 6.53. The third-order valence-electron chi connectivity index (χ3n) is 6.31. The van der Waals surface area contributed by atoms with Crippen LogP contribution in [0.3, 0.4) is 0 Å². The predicted octanol–water partition coefficient (Wildman–Crippen LogP) is 3.61. The number of likely N-dealkylation sites (N-methyl/N-ethyl adjacent to an activating group) is 1. The highest BCUT2D eigenvalue weighted by Crippen LogP contribution is 2.34.